The highest BCUT2D eigenvalue weighted by molar-refractivity contribution is 7.89. The van der Waals surface area contributed by atoms with Gasteiger partial charge in [0.2, 0.25) is 10.0 Å². The molecule has 8 nitrogen and oxygen atoms in total. The molecule has 12 heteroatoms. The Morgan fingerprint density at radius 1 is 1.16 bits per heavy atom. The van der Waals surface area contributed by atoms with Crippen LogP contribution in [-0.2, 0) is 17.1 Å². The molecule has 1 fully saturated rings. The highest BCUT2D eigenvalue weighted by Gasteiger charge is 2.41. The number of nitrogens with zero attached hydrogens (tertiary/aromatic N) is 5. The Balaban J connectivity index is 1.49. The number of halogens is 2. The van der Waals surface area contributed by atoms with Gasteiger partial charge < -0.3 is 4.90 Å². The number of benzene rings is 2. The van der Waals surface area contributed by atoms with E-state index in [1.807, 2.05) is 29.6 Å². The fraction of sp³-hybridized carbons (Fsp3) is 0.192. The van der Waals surface area contributed by atoms with Gasteiger partial charge in [0.15, 0.2) is 10.8 Å². The quantitative estimate of drug-likeness (QED) is 0.366. The smallest absolute Gasteiger partial charge is 0.240 e. The Morgan fingerprint density at radius 3 is 2.66 bits per heavy atom. The van der Waals surface area contributed by atoms with Gasteiger partial charge in [0.1, 0.15) is 11.9 Å². The van der Waals surface area contributed by atoms with Gasteiger partial charge >= 0.3 is 0 Å². The molecule has 0 bridgehead atoms. The van der Waals surface area contributed by atoms with Crippen LogP contribution in [0.3, 0.4) is 0 Å². The first-order valence-electron chi connectivity index (χ1n) is 11.8. The first kappa shape index (κ1) is 24.9. The standard InChI is InChI=1S/C26H22ClFN6O2S2/c1-33-11-9-21(31-33)23-22-14-17(32-38(35,36)18-5-3-2-4-6-18)15-34(22)25(26-29-10-12-37-26)30-24(23)19-8-7-16(28)13-20(19)27/h2-13,17,24,32H,14-15H2,1H3/t17?,24-/m0/s1. The molecule has 0 amide bonds. The van der Waals surface area contributed by atoms with Crippen LogP contribution < -0.4 is 4.72 Å². The van der Waals surface area contributed by atoms with E-state index < -0.39 is 27.9 Å². The zero-order chi connectivity index (χ0) is 26.4. The number of hydrogen-bond donors (Lipinski definition) is 1. The van der Waals surface area contributed by atoms with Gasteiger partial charge in [0.25, 0.3) is 0 Å². The predicted octanol–water partition coefficient (Wildman–Crippen LogP) is 4.63. The second-order valence-electron chi connectivity index (χ2n) is 9.04. The van der Waals surface area contributed by atoms with Gasteiger partial charge in [-0.05, 0) is 30.3 Å². The molecular weight excluding hydrogens is 547 g/mol. The molecule has 1 unspecified atom stereocenters. The van der Waals surface area contributed by atoms with E-state index in [1.165, 1.54) is 23.5 Å². The summed E-state index contributed by atoms with van der Waals surface area (Å²) in [6, 6.07) is 13.4. The fourth-order valence-corrected chi connectivity index (χ4v) is 7.05. The normalized spacial score (nSPS) is 19.6. The monoisotopic (exact) mass is 568 g/mol. The van der Waals surface area contributed by atoms with Crippen molar-refractivity contribution < 1.29 is 12.8 Å². The average molecular weight is 569 g/mol. The summed E-state index contributed by atoms with van der Waals surface area (Å²) in [4.78, 5) is 11.8. The molecule has 1 saturated heterocycles. The number of aromatic nitrogens is 3. The molecule has 0 spiro atoms. The molecule has 2 aromatic heterocycles. The Bertz CT molecular complexity index is 1670. The van der Waals surface area contributed by atoms with Crippen molar-refractivity contribution in [2.45, 2.75) is 23.4 Å². The first-order valence-corrected chi connectivity index (χ1v) is 14.5. The second-order valence-corrected chi connectivity index (χ2v) is 12.1. The fourth-order valence-electron chi connectivity index (χ4n) is 4.89. The molecule has 2 aliphatic rings. The summed E-state index contributed by atoms with van der Waals surface area (Å²) >= 11 is 7.98. The summed E-state index contributed by atoms with van der Waals surface area (Å²) in [7, 11) is -1.92. The van der Waals surface area contributed by atoms with Crippen LogP contribution in [0.15, 0.2) is 88.0 Å². The average Bonchev–Trinajstić information content (AvgIpc) is 3.65. The van der Waals surface area contributed by atoms with Gasteiger partial charge in [-0.1, -0.05) is 35.9 Å². The van der Waals surface area contributed by atoms with Crippen LogP contribution in [-0.4, -0.2) is 46.5 Å². The first-order chi connectivity index (χ1) is 18.3. The van der Waals surface area contributed by atoms with Gasteiger partial charge in [-0.25, -0.2) is 22.5 Å². The van der Waals surface area contributed by atoms with Crippen molar-refractivity contribution >= 4 is 44.4 Å². The van der Waals surface area contributed by atoms with Crippen molar-refractivity contribution in [3.05, 3.63) is 105 Å². The van der Waals surface area contributed by atoms with E-state index in [0.717, 1.165) is 11.3 Å². The van der Waals surface area contributed by atoms with Crippen LogP contribution in [0.25, 0.3) is 5.57 Å². The molecule has 0 aliphatic carbocycles. The third-order valence-corrected chi connectivity index (χ3v) is 9.14. The van der Waals surface area contributed by atoms with E-state index in [4.69, 9.17) is 16.6 Å². The Hall–Kier alpha value is -3.38. The van der Waals surface area contributed by atoms with E-state index in [0.29, 0.717) is 35.1 Å². The summed E-state index contributed by atoms with van der Waals surface area (Å²) in [6.45, 7) is 0.361. The van der Waals surface area contributed by atoms with Gasteiger partial charge in [-0.2, -0.15) is 5.10 Å². The number of thiazole rings is 1. The maximum atomic E-state index is 14.0. The Kier molecular flexibility index (Phi) is 6.39. The van der Waals surface area contributed by atoms with Gasteiger partial charge in [0, 0.05) is 65.7 Å². The molecule has 0 radical (unpaired) electrons. The number of sulfonamides is 1. The number of nitrogens with one attached hydrogen (secondary N) is 1. The number of aryl methyl sites for hydroxylation is 1. The van der Waals surface area contributed by atoms with E-state index >= 15 is 0 Å². The lowest BCUT2D eigenvalue weighted by molar-refractivity contribution is 0.518. The van der Waals surface area contributed by atoms with Crippen LogP contribution in [0.4, 0.5) is 4.39 Å². The van der Waals surface area contributed by atoms with Crippen molar-refractivity contribution in [3.63, 3.8) is 0 Å². The molecule has 194 valence electrons. The van der Waals surface area contributed by atoms with Crippen molar-refractivity contribution in [2.75, 3.05) is 6.54 Å². The molecule has 0 saturated carbocycles. The molecule has 4 aromatic rings. The maximum Gasteiger partial charge on any atom is 0.240 e. The van der Waals surface area contributed by atoms with E-state index in [-0.39, 0.29) is 9.92 Å². The van der Waals surface area contributed by atoms with Gasteiger partial charge in [-0.3, -0.25) is 9.67 Å². The van der Waals surface area contributed by atoms with Crippen LogP contribution in [0, 0.1) is 5.82 Å². The second kappa shape index (κ2) is 9.73. The predicted molar refractivity (Wildman–Crippen MR) is 145 cm³/mol. The Labute approximate surface area is 228 Å². The van der Waals surface area contributed by atoms with Gasteiger partial charge in [-0.15, -0.1) is 11.3 Å². The number of aliphatic imine (C=N–C) groups is 1. The highest BCUT2D eigenvalue weighted by Crippen LogP contribution is 2.46. The third-order valence-electron chi connectivity index (χ3n) is 6.51. The highest BCUT2D eigenvalue weighted by atomic mass is 35.5. The molecule has 2 aromatic carbocycles. The van der Waals surface area contributed by atoms with Crippen LogP contribution in [0.5, 0.6) is 0 Å². The third kappa shape index (κ3) is 4.55. The van der Waals surface area contributed by atoms with E-state index in [2.05, 4.69) is 14.8 Å². The number of fused-ring (bicyclic) bond motifs is 1. The van der Waals surface area contributed by atoms with Crippen molar-refractivity contribution in [1.82, 2.24) is 24.4 Å². The molecule has 1 N–H and O–H groups in total. The molecule has 2 aliphatic heterocycles. The van der Waals surface area contributed by atoms with E-state index in [1.54, 1.807) is 47.3 Å². The summed E-state index contributed by atoms with van der Waals surface area (Å²) in [5.74, 6) is 0.171. The molecule has 4 heterocycles. The minimum Gasteiger partial charge on any atom is -0.326 e. The zero-order valence-electron chi connectivity index (χ0n) is 20.1. The summed E-state index contributed by atoms with van der Waals surface area (Å²) < 4.78 is 44.9. The molecule has 6 rings (SSSR count). The van der Waals surface area contributed by atoms with Gasteiger partial charge in [0.05, 0.1) is 10.6 Å². The summed E-state index contributed by atoms with van der Waals surface area (Å²) in [5, 5.41) is 7.45. The van der Waals surface area contributed by atoms with Crippen molar-refractivity contribution in [1.29, 1.82) is 0 Å². The Morgan fingerprint density at radius 2 is 1.97 bits per heavy atom. The van der Waals surface area contributed by atoms with Crippen molar-refractivity contribution in [2.24, 2.45) is 12.0 Å². The topological polar surface area (TPSA) is 92.5 Å². The number of rotatable bonds is 6. The minimum atomic E-state index is -3.75. The lowest BCUT2D eigenvalue weighted by atomic mass is 9.92. The largest absolute Gasteiger partial charge is 0.326 e. The zero-order valence-corrected chi connectivity index (χ0v) is 22.5. The van der Waals surface area contributed by atoms with Crippen LogP contribution in [0.1, 0.15) is 28.7 Å². The minimum absolute atomic E-state index is 0.202. The SMILES string of the molecule is Cn1ccc(C2=C3CC(NS(=O)(=O)c4ccccc4)CN3C(c3nccs3)=N[C@H]2c2ccc(F)cc2Cl)n1. The van der Waals surface area contributed by atoms with Crippen LogP contribution >= 0.6 is 22.9 Å². The van der Waals surface area contributed by atoms with Crippen LogP contribution in [0.2, 0.25) is 5.02 Å². The summed E-state index contributed by atoms with van der Waals surface area (Å²) in [6.07, 6.45) is 3.94. The lowest BCUT2D eigenvalue weighted by Gasteiger charge is -2.32. The number of amidine groups is 1. The van der Waals surface area contributed by atoms with E-state index in [9.17, 15) is 12.8 Å². The summed E-state index contributed by atoms with van der Waals surface area (Å²) in [5.41, 5.74) is 2.98. The lowest BCUT2D eigenvalue weighted by Crippen LogP contribution is -2.39. The molecule has 2 atom stereocenters. The molecular formula is C26H22ClFN6O2S2. The maximum absolute atomic E-state index is 14.0. The molecule has 38 heavy (non-hydrogen) atoms. The van der Waals surface area contributed by atoms with Crippen molar-refractivity contribution in [3.8, 4) is 0 Å². The number of hydrogen-bond acceptors (Lipinski definition) is 7.